The van der Waals surface area contributed by atoms with Gasteiger partial charge in [-0.2, -0.15) is 0 Å². The van der Waals surface area contributed by atoms with Crippen molar-refractivity contribution < 1.29 is 15.0 Å². The van der Waals surface area contributed by atoms with E-state index in [0.29, 0.717) is 28.9 Å². The van der Waals surface area contributed by atoms with Crippen LogP contribution < -0.4 is 5.14 Å². The predicted octanol–water partition coefficient (Wildman–Crippen LogP) is 3.78. The highest BCUT2D eigenvalue weighted by Gasteiger charge is 2.28. The summed E-state index contributed by atoms with van der Waals surface area (Å²) in [4.78, 5) is 17.0. The molecule has 1 fully saturated rings. The van der Waals surface area contributed by atoms with Crippen LogP contribution in [-0.4, -0.2) is 70.6 Å². The molecule has 1 heterocycles. The van der Waals surface area contributed by atoms with Crippen LogP contribution in [0.1, 0.15) is 30.5 Å². The van der Waals surface area contributed by atoms with E-state index in [1.165, 1.54) is 0 Å². The van der Waals surface area contributed by atoms with E-state index in [1.807, 2.05) is 43.4 Å². The first kappa shape index (κ1) is 27.9. The minimum absolute atomic E-state index is 0.0157. The van der Waals surface area contributed by atoms with Gasteiger partial charge in [-0.3, -0.25) is 14.8 Å². The maximum absolute atomic E-state index is 12.9. The smallest absolute Gasteiger partial charge is 0.227 e. The molecule has 2 aromatic rings. The number of hydrogen-bond acceptors (Lipinski definition) is 6. The summed E-state index contributed by atoms with van der Waals surface area (Å²) < 4.78 is 0. The maximum atomic E-state index is 12.9. The highest BCUT2D eigenvalue weighted by Crippen LogP contribution is 2.26. The van der Waals surface area contributed by atoms with Crippen LogP contribution in [0.2, 0.25) is 10.0 Å². The quantitative estimate of drug-likeness (QED) is 0.465. The van der Waals surface area contributed by atoms with Crippen molar-refractivity contribution in [2.75, 3.05) is 32.4 Å². The summed E-state index contributed by atoms with van der Waals surface area (Å²) in [5, 5.41) is 24.2. The number of amides is 1. The second-order valence-corrected chi connectivity index (χ2v) is 9.72. The lowest BCUT2D eigenvalue weighted by Crippen LogP contribution is -2.39. The zero-order valence-electron chi connectivity index (χ0n) is 19.0. The van der Waals surface area contributed by atoms with Gasteiger partial charge in [0, 0.05) is 32.4 Å². The van der Waals surface area contributed by atoms with Crippen molar-refractivity contribution in [2.24, 2.45) is 5.14 Å². The summed E-state index contributed by atoms with van der Waals surface area (Å²) in [5.74, 6) is 0.641. The molecular formula is C24H33Cl2N3O3S. The van der Waals surface area contributed by atoms with Crippen LogP contribution in [0.25, 0.3) is 0 Å². The Bertz CT molecular complexity index is 873. The summed E-state index contributed by atoms with van der Waals surface area (Å²) >= 11 is 13.2. The van der Waals surface area contributed by atoms with Crippen molar-refractivity contribution >= 4 is 41.1 Å². The third-order valence-corrected chi connectivity index (χ3v) is 6.81. The molecule has 4 N–H and O–H groups in total. The van der Waals surface area contributed by atoms with E-state index in [2.05, 4.69) is 4.90 Å². The van der Waals surface area contributed by atoms with Crippen LogP contribution in [0.3, 0.4) is 0 Å². The highest BCUT2D eigenvalue weighted by atomic mass is 35.5. The average molecular weight is 515 g/mol. The number of halogens is 2. The third kappa shape index (κ3) is 9.45. The van der Waals surface area contributed by atoms with E-state index < -0.39 is 0 Å². The molecule has 0 saturated carbocycles. The lowest BCUT2D eigenvalue weighted by atomic mass is 10.0. The van der Waals surface area contributed by atoms with Crippen LogP contribution in [0.4, 0.5) is 0 Å². The van der Waals surface area contributed by atoms with Crippen molar-refractivity contribution in [1.29, 1.82) is 0 Å². The number of hydrogen-bond donors (Lipinski definition) is 3. The molecule has 1 amide bonds. The number of nitrogens with two attached hydrogens (primary N) is 1. The van der Waals surface area contributed by atoms with E-state index in [9.17, 15) is 9.90 Å². The lowest BCUT2D eigenvalue weighted by Gasteiger charge is -2.32. The fraction of sp³-hybridized carbons (Fsp3) is 0.458. The molecule has 33 heavy (non-hydrogen) atoms. The topological polar surface area (TPSA) is 90.0 Å². The molecule has 182 valence electrons. The van der Waals surface area contributed by atoms with Crippen molar-refractivity contribution in [2.45, 2.75) is 38.0 Å². The van der Waals surface area contributed by atoms with Crippen molar-refractivity contribution in [3.8, 4) is 0 Å². The monoisotopic (exact) mass is 513 g/mol. The van der Waals surface area contributed by atoms with Crippen LogP contribution in [0.15, 0.2) is 48.5 Å². The Morgan fingerprint density at radius 1 is 1.24 bits per heavy atom. The molecule has 1 saturated heterocycles. The normalized spacial score (nSPS) is 17.7. The van der Waals surface area contributed by atoms with E-state index in [0.717, 1.165) is 36.0 Å². The second kappa shape index (κ2) is 14.2. The van der Waals surface area contributed by atoms with Gasteiger partial charge in [0.05, 0.1) is 34.7 Å². The Kier molecular flexibility index (Phi) is 12.0. The molecule has 0 aliphatic carbocycles. The van der Waals surface area contributed by atoms with Gasteiger partial charge >= 0.3 is 0 Å². The molecule has 1 aliphatic heterocycles. The van der Waals surface area contributed by atoms with Crippen molar-refractivity contribution in [3.63, 3.8) is 0 Å². The highest BCUT2D eigenvalue weighted by molar-refractivity contribution is 7.97. The second-order valence-electron chi connectivity index (χ2n) is 8.24. The predicted molar refractivity (Wildman–Crippen MR) is 138 cm³/mol. The maximum Gasteiger partial charge on any atom is 0.227 e. The number of likely N-dealkylation sites (tertiary alicyclic amines) is 1. The first-order chi connectivity index (χ1) is 15.7. The molecule has 2 aromatic carbocycles. The fourth-order valence-electron chi connectivity index (χ4n) is 3.61. The van der Waals surface area contributed by atoms with Gasteiger partial charge in [-0.05, 0) is 36.6 Å². The average Bonchev–Trinajstić information content (AvgIpc) is 3.20. The fourth-order valence-corrected chi connectivity index (χ4v) is 4.21. The van der Waals surface area contributed by atoms with E-state index in [-0.39, 0.29) is 30.6 Å². The first-order valence-electron chi connectivity index (χ1n) is 10.9. The zero-order chi connectivity index (χ0) is 24.4. The number of carbonyl (C=O) groups excluding carboxylic acids is 1. The molecule has 6 nitrogen and oxygen atoms in total. The molecule has 1 aliphatic rings. The van der Waals surface area contributed by atoms with Gasteiger partial charge in [0.2, 0.25) is 5.91 Å². The Morgan fingerprint density at radius 3 is 2.45 bits per heavy atom. The summed E-state index contributed by atoms with van der Waals surface area (Å²) in [6.45, 7) is 3.90. The van der Waals surface area contributed by atoms with Gasteiger partial charge in [-0.1, -0.05) is 71.5 Å². The zero-order valence-corrected chi connectivity index (χ0v) is 21.4. The van der Waals surface area contributed by atoms with Crippen LogP contribution in [-0.2, 0) is 11.2 Å². The van der Waals surface area contributed by atoms with Crippen LogP contribution in [0, 0.1) is 0 Å². The summed E-state index contributed by atoms with van der Waals surface area (Å²) in [6, 6.07) is 15.2. The number of β-amino-alcohol motifs (C(OH)–C–C–N with tert-alkyl or cyclic N) is 1. The Hall–Kier alpha value is -1.32. The molecular weight excluding hydrogens is 481 g/mol. The van der Waals surface area contributed by atoms with Gasteiger partial charge in [-0.25, -0.2) is 0 Å². The minimum Gasteiger partial charge on any atom is -0.393 e. The number of carbonyl (C=O) groups is 1. The molecule has 3 rings (SSSR count). The molecule has 0 bridgehead atoms. The summed E-state index contributed by atoms with van der Waals surface area (Å²) in [5.41, 5.74) is 1.92. The van der Waals surface area contributed by atoms with Crippen molar-refractivity contribution in [1.82, 2.24) is 9.80 Å². The van der Waals surface area contributed by atoms with Crippen molar-refractivity contribution in [3.05, 3.63) is 69.7 Å². The molecule has 3 unspecified atom stereocenters. The number of nitrogens with zero attached hydrogens (tertiary/aromatic N) is 2. The van der Waals surface area contributed by atoms with Gasteiger partial charge in [0.25, 0.3) is 0 Å². The van der Waals surface area contributed by atoms with E-state index in [4.69, 9.17) is 33.4 Å². The molecule has 3 atom stereocenters. The largest absolute Gasteiger partial charge is 0.393 e. The molecule has 0 aromatic heterocycles. The summed E-state index contributed by atoms with van der Waals surface area (Å²) in [6.07, 6.45) is 0.501. The number of aliphatic hydroxyl groups excluding tert-OH is 2. The van der Waals surface area contributed by atoms with Gasteiger partial charge in [0.15, 0.2) is 0 Å². The number of rotatable bonds is 8. The van der Waals surface area contributed by atoms with Gasteiger partial charge in [-0.15, -0.1) is 0 Å². The lowest BCUT2D eigenvalue weighted by molar-refractivity contribution is -0.131. The molecule has 9 heteroatoms. The minimum atomic E-state index is -0.279. The van der Waals surface area contributed by atoms with E-state index >= 15 is 0 Å². The number of benzene rings is 2. The van der Waals surface area contributed by atoms with Gasteiger partial charge < -0.3 is 15.1 Å². The molecule has 0 spiro atoms. The van der Waals surface area contributed by atoms with E-state index in [1.54, 1.807) is 24.0 Å². The number of likely N-dealkylation sites (N-methyl/N-ethyl adjacent to an activating group) is 1. The van der Waals surface area contributed by atoms with Crippen LogP contribution >= 0.6 is 35.1 Å². The molecule has 0 radical (unpaired) electrons. The summed E-state index contributed by atoms with van der Waals surface area (Å²) in [7, 11) is 1.84. The first-order valence-corrected chi connectivity index (χ1v) is 12.7. The SMILES string of the molecule is CC(O)CSN.CN(C(=O)Cc1ccc(Cl)c(Cl)c1)C(CN1CCC(O)C1)c1ccccc1. The van der Waals surface area contributed by atoms with Crippen LogP contribution in [0.5, 0.6) is 0 Å². The third-order valence-electron chi connectivity index (χ3n) is 5.40. The Balaban J connectivity index is 0.000000569. The van der Waals surface area contributed by atoms with Gasteiger partial charge in [0.1, 0.15) is 0 Å². The Morgan fingerprint density at radius 2 is 1.94 bits per heavy atom. The Labute approximate surface area is 210 Å². The standard InChI is InChI=1S/C21H24Cl2N2O2.C3H9NOS/c1-24(21(27)12-15-7-8-18(22)19(23)11-15)20(16-5-3-2-4-6-16)14-25-10-9-17(26)13-25;1-3(5)2-6-4/h2-8,11,17,20,26H,9-10,12-14H2,1H3;3,5H,2,4H2,1H3. The number of aliphatic hydroxyl groups is 2.